The number of benzene rings is 3. The second-order valence-corrected chi connectivity index (χ2v) is 8.18. The van der Waals surface area contributed by atoms with Gasteiger partial charge in [-0.05, 0) is 78.9 Å². The van der Waals surface area contributed by atoms with Crippen LogP contribution in [0.25, 0.3) is 10.8 Å². The molecule has 4 heteroatoms. The molecule has 1 heterocycles. The molecule has 4 rings (SSSR count). The summed E-state index contributed by atoms with van der Waals surface area (Å²) >= 11 is 0. The van der Waals surface area contributed by atoms with Crippen molar-refractivity contribution in [1.82, 2.24) is 10.2 Å². The maximum Gasteiger partial charge on any atom is 0.251 e. The Bertz CT molecular complexity index is 979. The van der Waals surface area contributed by atoms with Gasteiger partial charge in [0, 0.05) is 18.7 Å². The number of piperidine rings is 1. The minimum atomic E-state index is 0.00855. The number of fused-ring (bicyclic) bond motifs is 1. The summed E-state index contributed by atoms with van der Waals surface area (Å²) in [5.74, 6) is 1.53. The summed E-state index contributed by atoms with van der Waals surface area (Å²) in [5, 5.41) is 5.23. The number of nitrogens with zero attached hydrogens (tertiary/aromatic N) is 1. The molecule has 1 N–H and O–H groups in total. The standard InChI is InChI=1S/C26H30N2O2/c1-30-25-10-9-22-17-24(8-7-23(22)18-25)26(29)27-14-11-20-12-15-28(16-13-20)19-21-5-3-2-4-6-21/h2-10,17-18,20H,11-16,19H2,1H3,(H,27,29). The third kappa shape index (κ3) is 5.19. The number of rotatable bonds is 7. The molecule has 1 amide bonds. The van der Waals surface area contributed by atoms with E-state index < -0.39 is 0 Å². The monoisotopic (exact) mass is 402 g/mol. The van der Waals surface area contributed by atoms with Gasteiger partial charge >= 0.3 is 0 Å². The van der Waals surface area contributed by atoms with Crippen LogP contribution in [0, 0.1) is 5.92 Å². The number of carbonyl (C=O) groups is 1. The molecule has 0 spiro atoms. The highest BCUT2D eigenvalue weighted by Gasteiger charge is 2.19. The van der Waals surface area contributed by atoms with Crippen LogP contribution in [0.5, 0.6) is 5.75 Å². The van der Waals surface area contributed by atoms with E-state index in [2.05, 4.69) is 40.5 Å². The van der Waals surface area contributed by atoms with Crippen molar-refractivity contribution in [2.24, 2.45) is 5.92 Å². The average Bonchev–Trinajstić information content (AvgIpc) is 2.80. The topological polar surface area (TPSA) is 41.6 Å². The van der Waals surface area contributed by atoms with Crippen LogP contribution < -0.4 is 10.1 Å². The van der Waals surface area contributed by atoms with Crippen LogP contribution >= 0.6 is 0 Å². The lowest BCUT2D eigenvalue weighted by molar-refractivity contribution is 0.0948. The van der Waals surface area contributed by atoms with E-state index in [1.165, 1.54) is 18.4 Å². The first kappa shape index (κ1) is 20.4. The smallest absolute Gasteiger partial charge is 0.251 e. The minimum absolute atomic E-state index is 0.00855. The maximum absolute atomic E-state index is 12.6. The summed E-state index contributed by atoms with van der Waals surface area (Å²) in [4.78, 5) is 15.1. The van der Waals surface area contributed by atoms with Crippen LogP contribution in [0.1, 0.15) is 35.2 Å². The van der Waals surface area contributed by atoms with Gasteiger partial charge in [0.05, 0.1) is 7.11 Å². The van der Waals surface area contributed by atoms with Gasteiger partial charge in [0.25, 0.3) is 5.91 Å². The van der Waals surface area contributed by atoms with E-state index in [0.29, 0.717) is 11.5 Å². The van der Waals surface area contributed by atoms with Crippen LogP contribution in [0.4, 0.5) is 0 Å². The molecule has 0 unspecified atom stereocenters. The summed E-state index contributed by atoms with van der Waals surface area (Å²) < 4.78 is 5.26. The highest BCUT2D eigenvalue weighted by atomic mass is 16.5. The molecule has 0 bridgehead atoms. The van der Waals surface area contributed by atoms with Gasteiger partial charge in [-0.3, -0.25) is 9.69 Å². The van der Waals surface area contributed by atoms with Crippen molar-refractivity contribution in [3.63, 3.8) is 0 Å². The van der Waals surface area contributed by atoms with E-state index >= 15 is 0 Å². The molecular weight excluding hydrogens is 372 g/mol. The van der Waals surface area contributed by atoms with E-state index in [1.807, 2.05) is 36.4 Å². The molecule has 0 atom stereocenters. The van der Waals surface area contributed by atoms with Gasteiger partial charge in [0.1, 0.15) is 5.75 Å². The Morgan fingerprint density at radius 2 is 1.73 bits per heavy atom. The molecule has 1 aliphatic rings. The maximum atomic E-state index is 12.6. The Morgan fingerprint density at radius 3 is 2.50 bits per heavy atom. The number of nitrogens with one attached hydrogen (secondary N) is 1. The van der Waals surface area contributed by atoms with Crippen molar-refractivity contribution in [3.8, 4) is 5.75 Å². The van der Waals surface area contributed by atoms with Crippen molar-refractivity contribution >= 4 is 16.7 Å². The van der Waals surface area contributed by atoms with Gasteiger partial charge in [-0.15, -0.1) is 0 Å². The van der Waals surface area contributed by atoms with Gasteiger partial charge in [-0.2, -0.15) is 0 Å². The largest absolute Gasteiger partial charge is 0.497 e. The molecule has 0 saturated carbocycles. The van der Waals surface area contributed by atoms with Crippen LogP contribution in [-0.4, -0.2) is 37.6 Å². The molecule has 0 aliphatic carbocycles. The number of hydrogen-bond donors (Lipinski definition) is 1. The molecule has 3 aromatic rings. The van der Waals surface area contributed by atoms with Crippen LogP contribution in [-0.2, 0) is 6.54 Å². The Morgan fingerprint density at radius 1 is 1.00 bits per heavy atom. The summed E-state index contributed by atoms with van der Waals surface area (Å²) in [6.45, 7) is 4.06. The van der Waals surface area contributed by atoms with Crippen molar-refractivity contribution in [2.45, 2.75) is 25.8 Å². The second kappa shape index (κ2) is 9.77. The van der Waals surface area contributed by atoms with E-state index in [-0.39, 0.29) is 5.91 Å². The molecule has 0 aromatic heterocycles. The number of hydrogen-bond acceptors (Lipinski definition) is 3. The minimum Gasteiger partial charge on any atom is -0.497 e. The van der Waals surface area contributed by atoms with Gasteiger partial charge in [0.15, 0.2) is 0 Å². The van der Waals surface area contributed by atoms with E-state index in [4.69, 9.17) is 4.74 Å². The molecule has 3 aromatic carbocycles. The van der Waals surface area contributed by atoms with Gasteiger partial charge in [-0.25, -0.2) is 0 Å². The molecule has 156 valence electrons. The lowest BCUT2D eigenvalue weighted by Crippen LogP contribution is -2.34. The summed E-state index contributed by atoms with van der Waals surface area (Å²) in [5.41, 5.74) is 2.10. The van der Waals surface area contributed by atoms with Crippen molar-refractivity contribution in [3.05, 3.63) is 77.9 Å². The molecular formula is C26H30N2O2. The molecule has 4 nitrogen and oxygen atoms in total. The fourth-order valence-electron chi connectivity index (χ4n) is 4.26. The van der Waals surface area contributed by atoms with Gasteiger partial charge in [0.2, 0.25) is 0 Å². The lowest BCUT2D eigenvalue weighted by atomic mass is 9.93. The fourth-order valence-corrected chi connectivity index (χ4v) is 4.26. The van der Waals surface area contributed by atoms with Crippen molar-refractivity contribution in [1.29, 1.82) is 0 Å². The van der Waals surface area contributed by atoms with Crippen molar-refractivity contribution < 1.29 is 9.53 Å². The Kier molecular flexibility index (Phi) is 6.65. The SMILES string of the molecule is COc1ccc2cc(C(=O)NCCC3CCN(Cc4ccccc4)CC3)ccc2c1. The highest BCUT2D eigenvalue weighted by molar-refractivity contribution is 5.98. The predicted molar refractivity (Wildman–Crippen MR) is 122 cm³/mol. The summed E-state index contributed by atoms with van der Waals surface area (Å²) in [6.07, 6.45) is 3.47. The zero-order chi connectivity index (χ0) is 20.8. The lowest BCUT2D eigenvalue weighted by Gasteiger charge is -2.32. The molecule has 1 fully saturated rings. The predicted octanol–water partition coefficient (Wildman–Crippen LogP) is 4.88. The Balaban J connectivity index is 1.22. The molecule has 30 heavy (non-hydrogen) atoms. The first-order valence-electron chi connectivity index (χ1n) is 10.8. The quantitative estimate of drug-likeness (QED) is 0.612. The zero-order valence-corrected chi connectivity index (χ0v) is 17.6. The normalized spacial score (nSPS) is 15.2. The highest BCUT2D eigenvalue weighted by Crippen LogP contribution is 2.23. The number of ether oxygens (including phenoxy) is 1. The third-order valence-electron chi connectivity index (χ3n) is 6.10. The number of methoxy groups -OCH3 is 1. The van der Waals surface area contributed by atoms with E-state index in [1.54, 1.807) is 7.11 Å². The molecule has 1 aliphatic heterocycles. The van der Waals surface area contributed by atoms with Crippen LogP contribution in [0.15, 0.2) is 66.7 Å². The molecule has 0 radical (unpaired) electrons. The second-order valence-electron chi connectivity index (χ2n) is 8.18. The van der Waals surface area contributed by atoms with E-state index in [9.17, 15) is 4.79 Å². The first-order valence-corrected chi connectivity index (χ1v) is 10.8. The van der Waals surface area contributed by atoms with Gasteiger partial charge < -0.3 is 10.1 Å². The number of amides is 1. The molecule has 1 saturated heterocycles. The van der Waals surface area contributed by atoms with Crippen LogP contribution in [0.3, 0.4) is 0 Å². The zero-order valence-electron chi connectivity index (χ0n) is 17.6. The number of likely N-dealkylation sites (tertiary alicyclic amines) is 1. The summed E-state index contributed by atoms with van der Waals surface area (Å²) in [7, 11) is 1.66. The Hall–Kier alpha value is -2.85. The van der Waals surface area contributed by atoms with Crippen LogP contribution in [0.2, 0.25) is 0 Å². The van der Waals surface area contributed by atoms with E-state index in [0.717, 1.165) is 49.1 Å². The van der Waals surface area contributed by atoms with Gasteiger partial charge in [-0.1, -0.05) is 42.5 Å². The number of carbonyl (C=O) groups excluding carboxylic acids is 1. The average molecular weight is 403 g/mol. The summed E-state index contributed by atoms with van der Waals surface area (Å²) in [6, 6.07) is 22.4. The van der Waals surface area contributed by atoms with Crippen molar-refractivity contribution in [2.75, 3.05) is 26.7 Å². The Labute approximate surface area is 178 Å². The third-order valence-corrected chi connectivity index (χ3v) is 6.10. The fraction of sp³-hybridized carbons (Fsp3) is 0.346. The first-order chi connectivity index (χ1) is 14.7.